The molecule has 1 atom stereocenters. The fraction of sp³-hybridized carbons (Fsp3) is 0.625. The molecule has 0 saturated heterocycles. The summed E-state index contributed by atoms with van der Waals surface area (Å²) in [5.74, 6) is -0.331. The van der Waals surface area contributed by atoms with E-state index < -0.39 is 0 Å². The summed E-state index contributed by atoms with van der Waals surface area (Å²) in [5, 5.41) is 2.02. The van der Waals surface area contributed by atoms with Crippen molar-refractivity contribution < 1.29 is 9.59 Å². The Morgan fingerprint density at radius 2 is 2.05 bits per heavy atom. The molecular formula is C16H25N3O2S. The molecule has 0 spiro atoms. The van der Waals surface area contributed by atoms with Gasteiger partial charge in [-0.25, -0.2) is 0 Å². The smallest absolute Gasteiger partial charge is 0.237 e. The van der Waals surface area contributed by atoms with Gasteiger partial charge < -0.3 is 10.6 Å². The van der Waals surface area contributed by atoms with Gasteiger partial charge in [0, 0.05) is 18.0 Å². The predicted molar refractivity (Wildman–Crippen MR) is 88.5 cm³/mol. The molecule has 1 aliphatic rings. The number of carbonyl (C=O) groups excluding carboxylic acids is 2. The highest BCUT2D eigenvalue weighted by atomic mass is 32.1. The Bertz CT molecular complexity index is 497. The van der Waals surface area contributed by atoms with Crippen LogP contribution in [-0.4, -0.2) is 47.8 Å². The van der Waals surface area contributed by atoms with Gasteiger partial charge in [0.1, 0.15) is 0 Å². The number of nitrogens with two attached hydrogens (primary N) is 1. The standard InChI is InChI=1S/C16H25N3O2S/c1-12(14-8-5-9-22-14)18(2)16(21)11-19(10-15(17)20)13-6-3-4-7-13/h5,8-9,12-13H,3-4,6-7,10-11H2,1-2H3,(H2,17,20). The molecule has 122 valence electrons. The van der Waals surface area contributed by atoms with Crippen molar-refractivity contribution in [1.82, 2.24) is 9.80 Å². The second kappa shape index (κ2) is 7.74. The van der Waals surface area contributed by atoms with Gasteiger partial charge in [-0.3, -0.25) is 14.5 Å². The molecule has 6 heteroatoms. The van der Waals surface area contributed by atoms with E-state index in [1.54, 1.807) is 16.2 Å². The first-order valence-corrected chi connectivity index (χ1v) is 8.68. The largest absolute Gasteiger partial charge is 0.369 e. The van der Waals surface area contributed by atoms with E-state index in [4.69, 9.17) is 5.73 Å². The lowest BCUT2D eigenvalue weighted by Crippen LogP contribution is -2.46. The highest BCUT2D eigenvalue weighted by Crippen LogP contribution is 2.25. The summed E-state index contributed by atoms with van der Waals surface area (Å²) in [6.07, 6.45) is 4.42. The Kier molecular flexibility index (Phi) is 5.97. The summed E-state index contributed by atoms with van der Waals surface area (Å²) in [6.45, 7) is 2.45. The van der Waals surface area contributed by atoms with Gasteiger partial charge >= 0.3 is 0 Å². The second-order valence-electron chi connectivity index (χ2n) is 6.01. The van der Waals surface area contributed by atoms with Crippen LogP contribution >= 0.6 is 11.3 Å². The van der Waals surface area contributed by atoms with Crippen LogP contribution in [0.1, 0.15) is 43.5 Å². The molecule has 1 unspecified atom stereocenters. The fourth-order valence-corrected chi connectivity index (χ4v) is 3.83. The van der Waals surface area contributed by atoms with Crippen LogP contribution in [0, 0.1) is 0 Å². The highest BCUT2D eigenvalue weighted by Gasteiger charge is 2.27. The monoisotopic (exact) mass is 323 g/mol. The molecule has 1 aromatic heterocycles. The average Bonchev–Trinajstić information content (AvgIpc) is 3.16. The van der Waals surface area contributed by atoms with Crippen molar-refractivity contribution in [2.45, 2.75) is 44.7 Å². The van der Waals surface area contributed by atoms with E-state index in [0.29, 0.717) is 6.04 Å². The van der Waals surface area contributed by atoms with E-state index in [-0.39, 0.29) is 30.9 Å². The van der Waals surface area contributed by atoms with Crippen LogP contribution in [0.4, 0.5) is 0 Å². The van der Waals surface area contributed by atoms with Crippen LogP contribution in [-0.2, 0) is 9.59 Å². The molecule has 2 rings (SSSR count). The third kappa shape index (κ3) is 4.30. The minimum atomic E-state index is -0.367. The molecule has 2 N–H and O–H groups in total. The molecule has 0 aliphatic heterocycles. The fourth-order valence-electron chi connectivity index (χ4n) is 3.00. The summed E-state index contributed by atoms with van der Waals surface area (Å²) < 4.78 is 0. The van der Waals surface area contributed by atoms with Crippen LogP contribution in [0.25, 0.3) is 0 Å². The number of carbonyl (C=O) groups is 2. The van der Waals surface area contributed by atoms with Gasteiger partial charge in [0.25, 0.3) is 0 Å². The quantitative estimate of drug-likeness (QED) is 0.834. The zero-order chi connectivity index (χ0) is 16.1. The lowest BCUT2D eigenvalue weighted by Gasteiger charge is -2.31. The van der Waals surface area contributed by atoms with Crippen molar-refractivity contribution in [2.24, 2.45) is 5.73 Å². The van der Waals surface area contributed by atoms with E-state index in [1.807, 2.05) is 36.4 Å². The van der Waals surface area contributed by atoms with Gasteiger partial charge in [0.2, 0.25) is 11.8 Å². The van der Waals surface area contributed by atoms with Crippen LogP contribution in [0.5, 0.6) is 0 Å². The average molecular weight is 323 g/mol. The molecule has 2 amide bonds. The Morgan fingerprint density at radius 1 is 1.36 bits per heavy atom. The molecule has 1 aliphatic carbocycles. The number of nitrogens with zero attached hydrogens (tertiary/aromatic N) is 2. The van der Waals surface area contributed by atoms with Gasteiger partial charge in [-0.1, -0.05) is 18.9 Å². The lowest BCUT2D eigenvalue weighted by atomic mass is 10.2. The van der Waals surface area contributed by atoms with E-state index in [0.717, 1.165) is 30.6 Å². The number of hydrogen-bond donors (Lipinski definition) is 1. The SMILES string of the molecule is CC(c1cccs1)N(C)C(=O)CN(CC(N)=O)C1CCCC1. The molecule has 22 heavy (non-hydrogen) atoms. The third-order valence-electron chi connectivity index (χ3n) is 4.47. The minimum absolute atomic E-state index is 0.0362. The maximum Gasteiger partial charge on any atom is 0.237 e. The van der Waals surface area contributed by atoms with Gasteiger partial charge in [-0.2, -0.15) is 0 Å². The predicted octanol–water partition coefficient (Wildman–Crippen LogP) is 2.00. The molecule has 0 bridgehead atoms. The zero-order valence-electron chi connectivity index (χ0n) is 13.3. The summed E-state index contributed by atoms with van der Waals surface area (Å²) in [5.41, 5.74) is 5.35. The summed E-state index contributed by atoms with van der Waals surface area (Å²) >= 11 is 1.65. The number of thiophene rings is 1. The van der Waals surface area contributed by atoms with Crippen molar-refractivity contribution in [1.29, 1.82) is 0 Å². The minimum Gasteiger partial charge on any atom is -0.369 e. The zero-order valence-corrected chi connectivity index (χ0v) is 14.1. The van der Waals surface area contributed by atoms with Crippen LogP contribution in [0.3, 0.4) is 0 Å². The maximum absolute atomic E-state index is 12.6. The van der Waals surface area contributed by atoms with Crippen molar-refractivity contribution in [2.75, 3.05) is 20.1 Å². The summed E-state index contributed by atoms with van der Waals surface area (Å²) in [4.78, 5) is 28.7. The van der Waals surface area contributed by atoms with Gasteiger partial charge in [-0.15, -0.1) is 11.3 Å². The Morgan fingerprint density at radius 3 is 2.59 bits per heavy atom. The Balaban J connectivity index is 1.98. The van der Waals surface area contributed by atoms with E-state index in [2.05, 4.69) is 0 Å². The third-order valence-corrected chi connectivity index (χ3v) is 5.51. The second-order valence-corrected chi connectivity index (χ2v) is 6.98. The number of hydrogen-bond acceptors (Lipinski definition) is 4. The Hall–Kier alpha value is -1.40. The number of likely N-dealkylation sites (N-methyl/N-ethyl adjacent to an activating group) is 1. The highest BCUT2D eigenvalue weighted by molar-refractivity contribution is 7.10. The number of primary amides is 1. The Labute approximate surface area is 136 Å². The van der Waals surface area contributed by atoms with E-state index >= 15 is 0 Å². The molecule has 1 aromatic rings. The first kappa shape index (κ1) is 17.0. The normalized spacial score (nSPS) is 16.9. The molecule has 1 saturated carbocycles. The van der Waals surface area contributed by atoms with Crippen molar-refractivity contribution in [3.63, 3.8) is 0 Å². The van der Waals surface area contributed by atoms with E-state index in [1.165, 1.54) is 0 Å². The first-order valence-electron chi connectivity index (χ1n) is 7.80. The first-order chi connectivity index (χ1) is 10.5. The van der Waals surface area contributed by atoms with Crippen molar-refractivity contribution in [3.05, 3.63) is 22.4 Å². The van der Waals surface area contributed by atoms with Gasteiger partial charge in [0.05, 0.1) is 19.1 Å². The van der Waals surface area contributed by atoms with Crippen LogP contribution in [0.2, 0.25) is 0 Å². The molecule has 0 radical (unpaired) electrons. The van der Waals surface area contributed by atoms with Crippen LogP contribution in [0.15, 0.2) is 17.5 Å². The summed E-state index contributed by atoms with van der Waals surface area (Å²) in [7, 11) is 1.82. The molecular weight excluding hydrogens is 298 g/mol. The number of rotatable bonds is 7. The molecule has 0 aromatic carbocycles. The van der Waals surface area contributed by atoms with Gasteiger partial charge in [-0.05, 0) is 31.2 Å². The van der Waals surface area contributed by atoms with E-state index in [9.17, 15) is 9.59 Å². The number of amides is 2. The topological polar surface area (TPSA) is 66.6 Å². The van der Waals surface area contributed by atoms with Gasteiger partial charge in [0.15, 0.2) is 0 Å². The molecule has 1 fully saturated rings. The van der Waals surface area contributed by atoms with Crippen LogP contribution < -0.4 is 5.73 Å². The molecule has 5 nitrogen and oxygen atoms in total. The maximum atomic E-state index is 12.6. The van der Waals surface area contributed by atoms with Crippen molar-refractivity contribution in [3.8, 4) is 0 Å². The van der Waals surface area contributed by atoms with Crippen molar-refractivity contribution >= 4 is 23.2 Å². The lowest BCUT2D eigenvalue weighted by molar-refractivity contribution is -0.134. The molecule has 1 heterocycles. The summed E-state index contributed by atoms with van der Waals surface area (Å²) in [6, 6.07) is 4.39.